The molecule has 0 N–H and O–H groups in total. The molecule has 0 bridgehead atoms. The smallest absolute Gasteiger partial charge is 0.231 e. The van der Waals surface area contributed by atoms with E-state index in [9.17, 15) is 0 Å². The third-order valence-corrected chi connectivity index (χ3v) is 1.55. The van der Waals surface area contributed by atoms with E-state index in [-0.39, 0.29) is 6.79 Å². The summed E-state index contributed by atoms with van der Waals surface area (Å²) in [5, 5.41) is 0. The van der Waals surface area contributed by atoms with Crippen LogP contribution in [0, 0.1) is 0 Å². The highest BCUT2D eigenvalue weighted by atomic mass is 16.7. The highest BCUT2D eigenvalue weighted by Crippen LogP contribution is 2.39. The van der Waals surface area contributed by atoms with Gasteiger partial charge in [-0.1, -0.05) is 6.07 Å². The van der Waals surface area contributed by atoms with Crippen molar-refractivity contribution in [3.8, 4) is 11.5 Å². The molecular weight excluding hydrogens is 142 g/mol. The molecule has 1 aromatic rings. The Labute approximate surface area is 64.3 Å². The van der Waals surface area contributed by atoms with E-state index in [1.165, 1.54) is 0 Å². The van der Waals surface area contributed by atoms with Crippen molar-refractivity contribution in [3.63, 3.8) is 0 Å². The Hall–Kier alpha value is -1.51. The number of aliphatic imine (C=N–C) groups is 1. The lowest BCUT2D eigenvalue weighted by Crippen LogP contribution is -1.93. The van der Waals surface area contributed by atoms with Crippen molar-refractivity contribution < 1.29 is 9.47 Å². The van der Waals surface area contributed by atoms with Crippen LogP contribution >= 0.6 is 0 Å². The van der Waals surface area contributed by atoms with Gasteiger partial charge in [-0.05, 0) is 18.9 Å². The van der Waals surface area contributed by atoms with Crippen molar-refractivity contribution >= 4 is 12.4 Å². The minimum absolute atomic E-state index is 0.280. The van der Waals surface area contributed by atoms with E-state index in [1.54, 1.807) is 0 Å². The summed E-state index contributed by atoms with van der Waals surface area (Å²) in [7, 11) is 0. The number of para-hydroxylation sites is 1. The maximum atomic E-state index is 5.16. The Morgan fingerprint density at radius 3 is 3.09 bits per heavy atom. The largest absolute Gasteiger partial charge is 0.454 e. The predicted octanol–water partition coefficient (Wildman–Crippen LogP) is 1.75. The summed E-state index contributed by atoms with van der Waals surface area (Å²) in [6.45, 7) is 3.70. The van der Waals surface area contributed by atoms with Crippen LogP contribution in [-0.4, -0.2) is 13.5 Å². The minimum atomic E-state index is 0.280. The first kappa shape index (κ1) is 6.22. The Morgan fingerprint density at radius 2 is 2.27 bits per heavy atom. The van der Waals surface area contributed by atoms with Crippen molar-refractivity contribution in [3.05, 3.63) is 18.2 Å². The molecule has 1 aliphatic rings. The zero-order valence-electron chi connectivity index (χ0n) is 5.91. The van der Waals surface area contributed by atoms with Gasteiger partial charge in [-0.25, -0.2) is 0 Å². The molecule has 1 heterocycles. The van der Waals surface area contributed by atoms with Crippen molar-refractivity contribution in [2.45, 2.75) is 0 Å². The second-order valence-corrected chi connectivity index (χ2v) is 2.17. The lowest BCUT2D eigenvalue weighted by Gasteiger charge is -1.97. The standard InChI is InChI=1S/C8H7NO2/c1-9-6-3-2-4-7-8(6)11-5-10-7/h2-4H,1,5H2. The van der Waals surface area contributed by atoms with Gasteiger partial charge in [0.1, 0.15) is 5.69 Å². The molecule has 0 aromatic heterocycles. The third-order valence-electron chi connectivity index (χ3n) is 1.55. The van der Waals surface area contributed by atoms with E-state index in [1.807, 2.05) is 18.2 Å². The second kappa shape index (κ2) is 2.27. The summed E-state index contributed by atoms with van der Waals surface area (Å²) in [4.78, 5) is 3.79. The van der Waals surface area contributed by atoms with Crippen molar-refractivity contribution in [1.82, 2.24) is 0 Å². The van der Waals surface area contributed by atoms with Crippen molar-refractivity contribution in [2.75, 3.05) is 6.79 Å². The van der Waals surface area contributed by atoms with E-state index in [2.05, 4.69) is 11.7 Å². The number of hydrogen-bond acceptors (Lipinski definition) is 3. The topological polar surface area (TPSA) is 30.8 Å². The van der Waals surface area contributed by atoms with Gasteiger partial charge in [0.25, 0.3) is 0 Å². The summed E-state index contributed by atoms with van der Waals surface area (Å²) in [6.07, 6.45) is 0. The molecule has 11 heavy (non-hydrogen) atoms. The zero-order chi connectivity index (χ0) is 7.68. The third kappa shape index (κ3) is 0.852. The quantitative estimate of drug-likeness (QED) is 0.569. The maximum Gasteiger partial charge on any atom is 0.231 e. The van der Waals surface area contributed by atoms with Crippen LogP contribution in [0.3, 0.4) is 0 Å². The number of rotatable bonds is 1. The fraction of sp³-hybridized carbons (Fsp3) is 0.125. The van der Waals surface area contributed by atoms with Crippen LogP contribution in [0.5, 0.6) is 11.5 Å². The predicted molar refractivity (Wildman–Crippen MR) is 41.8 cm³/mol. The normalized spacial score (nSPS) is 13.1. The van der Waals surface area contributed by atoms with E-state index in [4.69, 9.17) is 9.47 Å². The molecule has 0 atom stereocenters. The minimum Gasteiger partial charge on any atom is -0.454 e. The number of fused-ring (bicyclic) bond motifs is 1. The van der Waals surface area contributed by atoms with E-state index < -0.39 is 0 Å². The molecule has 0 unspecified atom stereocenters. The van der Waals surface area contributed by atoms with E-state index in [0.29, 0.717) is 5.75 Å². The molecule has 2 rings (SSSR count). The summed E-state index contributed by atoms with van der Waals surface area (Å²) in [5.41, 5.74) is 0.736. The number of ether oxygens (including phenoxy) is 2. The van der Waals surface area contributed by atoms with Crippen LogP contribution in [0.2, 0.25) is 0 Å². The molecule has 0 spiro atoms. The Bertz CT molecular complexity index is 296. The van der Waals surface area contributed by atoms with Crippen LogP contribution in [-0.2, 0) is 0 Å². The number of benzene rings is 1. The summed E-state index contributed by atoms with van der Waals surface area (Å²) >= 11 is 0. The zero-order valence-corrected chi connectivity index (χ0v) is 5.91. The highest BCUT2D eigenvalue weighted by molar-refractivity contribution is 5.63. The molecule has 0 aliphatic carbocycles. The maximum absolute atomic E-state index is 5.16. The van der Waals surface area contributed by atoms with Crippen molar-refractivity contribution in [1.29, 1.82) is 0 Å². The van der Waals surface area contributed by atoms with Gasteiger partial charge in [-0.2, -0.15) is 0 Å². The fourth-order valence-electron chi connectivity index (χ4n) is 1.04. The summed E-state index contributed by atoms with van der Waals surface area (Å²) < 4.78 is 10.3. The average Bonchev–Trinajstić information content (AvgIpc) is 2.50. The number of nitrogens with zero attached hydrogens (tertiary/aromatic N) is 1. The lowest BCUT2D eigenvalue weighted by atomic mass is 10.3. The molecule has 56 valence electrons. The van der Waals surface area contributed by atoms with E-state index in [0.717, 1.165) is 11.4 Å². The molecule has 0 fully saturated rings. The van der Waals surface area contributed by atoms with Gasteiger partial charge in [0.15, 0.2) is 11.5 Å². The molecule has 1 aromatic carbocycles. The van der Waals surface area contributed by atoms with Crippen LogP contribution in [0.15, 0.2) is 23.2 Å². The highest BCUT2D eigenvalue weighted by Gasteiger charge is 2.15. The first-order chi connectivity index (χ1) is 5.42. The molecule has 0 radical (unpaired) electrons. The molecule has 0 saturated heterocycles. The Kier molecular flexibility index (Phi) is 1.28. The van der Waals surface area contributed by atoms with Crippen LogP contribution in [0.25, 0.3) is 0 Å². The van der Waals surface area contributed by atoms with Gasteiger partial charge >= 0.3 is 0 Å². The van der Waals surface area contributed by atoms with Gasteiger partial charge in [0.2, 0.25) is 6.79 Å². The fourth-order valence-corrected chi connectivity index (χ4v) is 1.04. The Morgan fingerprint density at radius 1 is 1.36 bits per heavy atom. The van der Waals surface area contributed by atoms with Gasteiger partial charge in [0.05, 0.1) is 0 Å². The lowest BCUT2D eigenvalue weighted by molar-refractivity contribution is 0.174. The average molecular weight is 149 g/mol. The van der Waals surface area contributed by atoms with Crippen LogP contribution in [0.4, 0.5) is 5.69 Å². The van der Waals surface area contributed by atoms with Crippen LogP contribution < -0.4 is 9.47 Å². The molecular formula is C8H7NO2. The first-order valence-corrected chi connectivity index (χ1v) is 3.27. The number of hydrogen-bond donors (Lipinski definition) is 0. The second-order valence-electron chi connectivity index (χ2n) is 2.17. The molecule has 3 heteroatoms. The summed E-state index contributed by atoms with van der Waals surface area (Å²) in [5.74, 6) is 1.44. The first-order valence-electron chi connectivity index (χ1n) is 3.27. The molecule has 0 amide bonds. The van der Waals surface area contributed by atoms with Gasteiger partial charge < -0.3 is 9.47 Å². The van der Waals surface area contributed by atoms with Crippen molar-refractivity contribution in [2.24, 2.45) is 4.99 Å². The van der Waals surface area contributed by atoms with Gasteiger partial charge in [-0.3, -0.25) is 4.99 Å². The Balaban J connectivity index is 2.58. The monoisotopic (exact) mass is 149 g/mol. The summed E-state index contributed by atoms with van der Waals surface area (Å²) in [6, 6.07) is 5.54. The van der Waals surface area contributed by atoms with Crippen LogP contribution in [0.1, 0.15) is 0 Å². The molecule has 0 saturated carbocycles. The molecule has 1 aliphatic heterocycles. The SMILES string of the molecule is C=Nc1cccc2c1OCO2. The molecule has 3 nitrogen and oxygen atoms in total. The van der Waals surface area contributed by atoms with Gasteiger partial charge in [-0.15, -0.1) is 0 Å². The van der Waals surface area contributed by atoms with Gasteiger partial charge in [0, 0.05) is 0 Å². The van der Waals surface area contributed by atoms with E-state index >= 15 is 0 Å².